The second-order valence-electron chi connectivity index (χ2n) is 2.43. The Morgan fingerprint density at radius 1 is 1.54 bits per heavy atom. The zero-order chi connectivity index (χ0) is 10.0. The highest BCUT2D eigenvalue weighted by Crippen LogP contribution is 2.13. The Morgan fingerprint density at radius 3 is 2.69 bits per heavy atom. The predicted molar refractivity (Wildman–Crippen MR) is 50.7 cm³/mol. The van der Waals surface area contributed by atoms with Crippen molar-refractivity contribution in [1.82, 2.24) is 4.57 Å². The normalized spacial score (nSPS) is 9.77. The summed E-state index contributed by atoms with van der Waals surface area (Å²) in [4.78, 5) is 22.2. The summed E-state index contributed by atoms with van der Waals surface area (Å²) < 4.78 is 6.28. The number of pyridine rings is 1. The van der Waals surface area contributed by atoms with Crippen molar-refractivity contribution in [3.05, 3.63) is 32.7 Å². The van der Waals surface area contributed by atoms with Gasteiger partial charge in [0.05, 0.1) is 12.7 Å². The second-order valence-corrected chi connectivity index (χ2v) is 3.18. The summed E-state index contributed by atoms with van der Waals surface area (Å²) >= 11 is 3.13. The minimum absolute atomic E-state index is 0.181. The molecule has 0 aliphatic carbocycles. The molecule has 0 saturated carbocycles. The fourth-order valence-corrected chi connectivity index (χ4v) is 1.34. The first-order valence-corrected chi connectivity index (χ1v) is 4.31. The molecule has 4 nitrogen and oxygen atoms in total. The number of rotatable bonds is 1. The maximum absolute atomic E-state index is 11.1. The lowest BCUT2D eigenvalue weighted by molar-refractivity contribution is 0.0598. The summed E-state index contributed by atoms with van der Waals surface area (Å²) in [5.74, 6) is -0.470. The molecule has 5 heteroatoms. The largest absolute Gasteiger partial charge is 0.465 e. The quantitative estimate of drug-likeness (QED) is 0.547. The Morgan fingerprint density at radius 2 is 2.15 bits per heavy atom. The van der Waals surface area contributed by atoms with Crippen LogP contribution in [0, 0.1) is 0 Å². The third-order valence-corrected chi connectivity index (χ3v) is 2.60. The van der Waals surface area contributed by atoms with Gasteiger partial charge >= 0.3 is 5.97 Å². The lowest BCUT2D eigenvalue weighted by atomic mass is 10.3. The SMILES string of the molecule is COC(=O)c1ccc(=O)n(C)c1Br. The van der Waals surface area contributed by atoms with Crippen LogP contribution in [-0.2, 0) is 11.8 Å². The van der Waals surface area contributed by atoms with Crippen LogP contribution in [0.1, 0.15) is 10.4 Å². The van der Waals surface area contributed by atoms with Gasteiger partial charge in [-0.3, -0.25) is 4.79 Å². The maximum atomic E-state index is 11.1. The lowest BCUT2D eigenvalue weighted by Gasteiger charge is -2.05. The highest BCUT2D eigenvalue weighted by molar-refractivity contribution is 9.10. The molecule has 0 N–H and O–H groups in total. The maximum Gasteiger partial charge on any atom is 0.340 e. The number of aromatic nitrogens is 1. The van der Waals surface area contributed by atoms with Gasteiger partial charge in [0, 0.05) is 13.1 Å². The summed E-state index contributed by atoms with van der Waals surface area (Å²) in [5, 5.41) is 0. The second kappa shape index (κ2) is 3.74. The molecule has 1 heterocycles. The van der Waals surface area contributed by atoms with E-state index in [-0.39, 0.29) is 5.56 Å². The van der Waals surface area contributed by atoms with Crippen molar-refractivity contribution in [2.24, 2.45) is 7.05 Å². The summed E-state index contributed by atoms with van der Waals surface area (Å²) in [6, 6.07) is 2.75. The van der Waals surface area contributed by atoms with Crippen molar-refractivity contribution in [3.63, 3.8) is 0 Å². The van der Waals surface area contributed by atoms with Gasteiger partial charge in [-0.15, -0.1) is 0 Å². The number of carbonyl (C=O) groups is 1. The number of hydrogen-bond acceptors (Lipinski definition) is 3. The van der Waals surface area contributed by atoms with Crippen molar-refractivity contribution < 1.29 is 9.53 Å². The van der Waals surface area contributed by atoms with Gasteiger partial charge < -0.3 is 9.30 Å². The molecule has 0 spiro atoms. The van der Waals surface area contributed by atoms with E-state index in [1.54, 1.807) is 7.05 Å². The van der Waals surface area contributed by atoms with Crippen molar-refractivity contribution in [1.29, 1.82) is 0 Å². The van der Waals surface area contributed by atoms with Crippen LogP contribution in [0.2, 0.25) is 0 Å². The smallest absolute Gasteiger partial charge is 0.340 e. The van der Waals surface area contributed by atoms with Crippen molar-refractivity contribution >= 4 is 21.9 Å². The summed E-state index contributed by atoms with van der Waals surface area (Å²) in [5.41, 5.74) is 0.157. The summed E-state index contributed by atoms with van der Waals surface area (Å²) in [7, 11) is 2.86. The highest BCUT2D eigenvalue weighted by Gasteiger charge is 2.12. The Labute approximate surface area is 83.3 Å². The van der Waals surface area contributed by atoms with Crippen LogP contribution >= 0.6 is 15.9 Å². The van der Waals surface area contributed by atoms with Crippen LogP contribution in [0.25, 0.3) is 0 Å². The number of ether oxygens (including phenoxy) is 1. The number of nitrogens with zero attached hydrogens (tertiary/aromatic N) is 1. The monoisotopic (exact) mass is 245 g/mol. The first kappa shape index (κ1) is 9.98. The first-order chi connectivity index (χ1) is 6.07. The number of carbonyl (C=O) groups excluding carboxylic acids is 1. The van der Waals surface area contributed by atoms with Crippen LogP contribution in [-0.4, -0.2) is 17.6 Å². The van der Waals surface area contributed by atoms with Gasteiger partial charge in [-0.05, 0) is 22.0 Å². The molecule has 0 radical (unpaired) electrons. The molecule has 1 rings (SSSR count). The van der Waals surface area contributed by atoms with Gasteiger partial charge in [-0.25, -0.2) is 4.79 Å². The minimum Gasteiger partial charge on any atom is -0.465 e. The number of halogens is 1. The van der Waals surface area contributed by atoms with E-state index in [0.717, 1.165) is 0 Å². The molecular weight excluding hydrogens is 238 g/mol. The number of esters is 1. The molecule has 1 aromatic heterocycles. The van der Waals surface area contributed by atoms with Gasteiger partial charge in [0.2, 0.25) is 0 Å². The number of methoxy groups -OCH3 is 1. The lowest BCUT2D eigenvalue weighted by Crippen LogP contribution is -2.19. The van der Waals surface area contributed by atoms with E-state index >= 15 is 0 Å². The average molecular weight is 246 g/mol. The Bertz CT molecular complexity index is 397. The topological polar surface area (TPSA) is 48.3 Å². The first-order valence-electron chi connectivity index (χ1n) is 3.51. The Kier molecular flexibility index (Phi) is 2.87. The predicted octanol–water partition coefficient (Wildman–Crippen LogP) is 0.934. The fraction of sp³-hybridized carbons (Fsp3) is 0.250. The molecule has 0 aliphatic heterocycles. The molecule has 0 aliphatic rings. The van der Waals surface area contributed by atoms with Gasteiger partial charge in [0.1, 0.15) is 4.60 Å². The molecule has 13 heavy (non-hydrogen) atoms. The number of hydrogen-bond donors (Lipinski definition) is 0. The molecule has 0 amide bonds. The molecular formula is C8H8BrNO3. The zero-order valence-electron chi connectivity index (χ0n) is 7.20. The highest BCUT2D eigenvalue weighted by atomic mass is 79.9. The van der Waals surface area contributed by atoms with Crippen molar-refractivity contribution in [3.8, 4) is 0 Å². The molecule has 0 aromatic carbocycles. The van der Waals surface area contributed by atoms with E-state index < -0.39 is 5.97 Å². The average Bonchev–Trinajstić information content (AvgIpc) is 2.13. The van der Waals surface area contributed by atoms with E-state index in [4.69, 9.17) is 0 Å². The van der Waals surface area contributed by atoms with Crippen LogP contribution in [0.3, 0.4) is 0 Å². The van der Waals surface area contributed by atoms with Crippen molar-refractivity contribution in [2.75, 3.05) is 7.11 Å². The van der Waals surface area contributed by atoms with E-state index in [9.17, 15) is 9.59 Å². The van der Waals surface area contributed by atoms with Crippen LogP contribution in [0.5, 0.6) is 0 Å². The molecule has 70 valence electrons. The Balaban J connectivity index is 3.34. The molecule has 0 fully saturated rings. The third-order valence-electron chi connectivity index (χ3n) is 1.65. The summed E-state index contributed by atoms with van der Waals surface area (Å²) in [6.45, 7) is 0. The van der Waals surface area contributed by atoms with Crippen LogP contribution in [0.4, 0.5) is 0 Å². The third kappa shape index (κ3) is 1.80. The van der Waals surface area contributed by atoms with E-state index in [1.165, 1.54) is 23.8 Å². The molecule has 0 saturated heterocycles. The van der Waals surface area contributed by atoms with Gasteiger partial charge in [-0.1, -0.05) is 0 Å². The minimum atomic E-state index is -0.470. The molecule has 0 bridgehead atoms. The van der Waals surface area contributed by atoms with Crippen LogP contribution in [0.15, 0.2) is 21.5 Å². The fourth-order valence-electron chi connectivity index (χ4n) is 0.875. The van der Waals surface area contributed by atoms with E-state index in [0.29, 0.717) is 10.2 Å². The van der Waals surface area contributed by atoms with Crippen LogP contribution < -0.4 is 5.56 Å². The summed E-state index contributed by atoms with van der Waals surface area (Å²) in [6.07, 6.45) is 0. The zero-order valence-corrected chi connectivity index (χ0v) is 8.79. The Hall–Kier alpha value is -1.10. The van der Waals surface area contributed by atoms with Gasteiger partial charge in [0.25, 0.3) is 5.56 Å². The van der Waals surface area contributed by atoms with Crippen molar-refractivity contribution in [2.45, 2.75) is 0 Å². The van der Waals surface area contributed by atoms with Gasteiger partial charge in [0.15, 0.2) is 0 Å². The van der Waals surface area contributed by atoms with E-state index in [2.05, 4.69) is 20.7 Å². The van der Waals surface area contributed by atoms with Gasteiger partial charge in [-0.2, -0.15) is 0 Å². The molecule has 0 atom stereocenters. The molecule has 1 aromatic rings. The standard InChI is InChI=1S/C8H8BrNO3/c1-10-6(11)4-3-5(7(10)9)8(12)13-2/h3-4H,1-2H3. The van der Waals surface area contributed by atoms with E-state index in [1.807, 2.05) is 0 Å². The molecule has 0 unspecified atom stereocenters.